The number of methoxy groups -OCH3 is 1. The van der Waals surface area contributed by atoms with Gasteiger partial charge in [-0.1, -0.05) is 24.3 Å². The average molecular weight is 864 g/mol. The number of hydrogen-bond donors (Lipinski definition) is 5. The Morgan fingerprint density at radius 1 is 0.825 bits per heavy atom. The third kappa shape index (κ3) is 10.8. The minimum Gasteiger partial charge on any atom is -0.494 e. The molecular formula is C43H53N13O7. The van der Waals surface area contributed by atoms with E-state index < -0.39 is 23.6 Å². The second-order valence-electron chi connectivity index (χ2n) is 14.5. The molecule has 1 fully saturated rings. The number of benzene rings is 2. The first-order chi connectivity index (χ1) is 30.3. The zero-order chi connectivity index (χ0) is 45.2. The molecule has 20 heteroatoms. The van der Waals surface area contributed by atoms with Crippen LogP contribution in [0.5, 0.6) is 11.5 Å². The molecular weight excluding hydrogens is 811 g/mol. The SMILES string of the molecule is CCN=C(/C=C(/C)N)C(=O)Nc1nc2cc(C(N)=O)cc(OC/C=C/CN3CCOCC3)c2n1C/C=C/Cn1c(NC(=O)c2cc(C)nn2CC)nc2cc(C(N)=O)cc(OC)c21. The molecule has 0 bridgehead atoms. The van der Waals surface area contributed by atoms with Crippen LogP contribution in [0.4, 0.5) is 11.9 Å². The lowest BCUT2D eigenvalue weighted by Crippen LogP contribution is -2.36. The van der Waals surface area contributed by atoms with E-state index in [-0.39, 0.29) is 48.4 Å². The lowest BCUT2D eigenvalue weighted by atomic mass is 10.1. The maximum Gasteiger partial charge on any atom is 0.276 e. The van der Waals surface area contributed by atoms with Crippen LogP contribution < -0.4 is 37.3 Å². The molecule has 5 aromatic rings. The predicted octanol–water partition coefficient (Wildman–Crippen LogP) is 3.16. The van der Waals surface area contributed by atoms with E-state index >= 15 is 0 Å². The van der Waals surface area contributed by atoms with Gasteiger partial charge in [0.15, 0.2) is 0 Å². The number of aryl methyl sites for hydroxylation is 2. The van der Waals surface area contributed by atoms with E-state index in [0.29, 0.717) is 77.0 Å². The second-order valence-corrected chi connectivity index (χ2v) is 14.5. The molecule has 0 saturated carbocycles. The number of ether oxygens (including phenoxy) is 3. The number of rotatable bonds is 19. The topological polar surface area (TPSA) is 267 Å². The number of aliphatic imine (C=N–C) groups is 1. The standard InChI is InChI=1S/C43H53N13O7/c1-6-47-32(20-26(3)44)40(59)50-42-49-31-23-29(39(46)58)25-35(63-17-11-10-12-53-15-18-62-19-16-53)37(31)55(42)14-9-8-13-54-36-30(22-28(38(45)57)24-34(36)61-5)48-43(54)51-41(60)33-21-27(4)52-56(33)7-2/h8-11,20-25H,6-7,12-19,44H2,1-5H3,(H2,45,57)(H2,46,58)(H,48,51,60)(H,49,50,59)/b9-8+,11-10+,26-20-,47-32?. The van der Waals surface area contributed by atoms with Gasteiger partial charge in [-0.2, -0.15) is 5.10 Å². The number of aromatic nitrogens is 6. The molecule has 63 heavy (non-hydrogen) atoms. The van der Waals surface area contributed by atoms with Crippen molar-refractivity contribution in [1.82, 2.24) is 33.8 Å². The van der Waals surface area contributed by atoms with Crippen LogP contribution in [-0.4, -0.2) is 116 Å². The fourth-order valence-electron chi connectivity index (χ4n) is 7.00. The summed E-state index contributed by atoms with van der Waals surface area (Å²) in [7, 11) is 1.46. The van der Waals surface area contributed by atoms with Gasteiger partial charge in [0, 0.05) is 62.6 Å². The number of primary amides is 2. The highest BCUT2D eigenvalue weighted by atomic mass is 16.5. The highest BCUT2D eigenvalue weighted by molar-refractivity contribution is 6.47. The van der Waals surface area contributed by atoms with Crippen molar-refractivity contribution in [3.8, 4) is 11.5 Å². The molecule has 3 aromatic heterocycles. The molecule has 332 valence electrons. The summed E-state index contributed by atoms with van der Waals surface area (Å²) in [6.45, 7) is 12.1. The van der Waals surface area contributed by atoms with Crippen LogP contribution in [0, 0.1) is 6.92 Å². The van der Waals surface area contributed by atoms with E-state index in [9.17, 15) is 19.2 Å². The molecule has 0 aliphatic carbocycles. The molecule has 1 aliphatic rings. The lowest BCUT2D eigenvalue weighted by molar-refractivity contribution is -0.110. The van der Waals surface area contributed by atoms with Crippen LogP contribution in [0.15, 0.2) is 71.4 Å². The summed E-state index contributed by atoms with van der Waals surface area (Å²) in [5.74, 6) is -1.45. The fraction of sp³-hybridized carbons (Fsp3) is 0.349. The Labute approximate surface area is 363 Å². The van der Waals surface area contributed by atoms with Gasteiger partial charge in [0.25, 0.3) is 11.8 Å². The quantitative estimate of drug-likeness (QED) is 0.0592. The summed E-state index contributed by atoms with van der Waals surface area (Å²) in [4.78, 5) is 68.1. The molecule has 2 aromatic carbocycles. The van der Waals surface area contributed by atoms with E-state index in [1.807, 2.05) is 31.2 Å². The smallest absolute Gasteiger partial charge is 0.276 e. The Morgan fingerprint density at radius 2 is 1.41 bits per heavy atom. The first kappa shape index (κ1) is 45.2. The summed E-state index contributed by atoms with van der Waals surface area (Å²) in [5.41, 5.74) is 20.8. The van der Waals surface area contributed by atoms with Crippen molar-refractivity contribution in [3.63, 3.8) is 0 Å². The van der Waals surface area contributed by atoms with Gasteiger partial charge >= 0.3 is 0 Å². The molecule has 0 atom stereocenters. The molecule has 20 nitrogen and oxygen atoms in total. The van der Waals surface area contributed by atoms with Crippen LogP contribution in [0.3, 0.4) is 0 Å². The van der Waals surface area contributed by atoms with Crippen LogP contribution in [0.25, 0.3) is 22.1 Å². The molecule has 6 rings (SSSR count). The van der Waals surface area contributed by atoms with Crippen LogP contribution in [0.2, 0.25) is 0 Å². The van der Waals surface area contributed by atoms with Gasteiger partial charge in [0.2, 0.25) is 23.7 Å². The van der Waals surface area contributed by atoms with Gasteiger partial charge in [-0.25, -0.2) is 9.97 Å². The monoisotopic (exact) mass is 863 g/mol. The zero-order valence-corrected chi connectivity index (χ0v) is 36.0. The number of anilines is 2. The third-order valence-electron chi connectivity index (χ3n) is 9.92. The number of morpholine rings is 1. The largest absolute Gasteiger partial charge is 0.494 e. The number of carbonyl (C=O) groups is 4. The summed E-state index contributed by atoms with van der Waals surface area (Å²) in [5, 5.41) is 10.2. The first-order valence-corrected chi connectivity index (χ1v) is 20.4. The molecule has 1 saturated heterocycles. The molecule has 4 heterocycles. The molecule has 0 radical (unpaired) electrons. The highest BCUT2D eigenvalue weighted by Crippen LogP contribution is 2.33. The van der Waals surface area contributed by atoms with Gasteiger partial charge in [-0.05, 0) is 64.1 Å². The van der Waals surface area contributed by atoms with Crippen LogP contribution in [-0.2, 0) is 29.2 Å². The number of amides is 4. The molecule has 0 spiro atoms. The Morgan fingerprint density at radius 3 is 1.98 bits per heavy atom. The average Bonchev–Trinajstić information content (AvgIpc) is 3.93. The van der Waals surface area contributed by atoms with Gasteiger partial charge in [-0.3, -0.25) is 44.4 Å². The van der Waals surface area contributed by atoms with Gasteiger partial charge < -0.3 is 40.5 Å². The Bertz CT molecular complexity index is 2640. The van der Waals surface area contributed by atoms with Gasteiger partial charge in [0.1, 0.15) is 40.5 Å². The number of imidazole rings is 2. The second kappa shape index (κ2) is 20.5. The van der Waals surface area contributed by atoms with Crippen molar-refractivity contribution in [2.24, 2.45) is 22.2 Å². The predicted molar refractivity (Wildman–Crippen MR) is 239 cm³/mol. The van der Waals surface area contributed by atoms with Crippen molar-refractivity contribution in [1.29, 1.82) is 0 Å². The van der Waals surface area contributed by atoms with E-state index in [4.69, 9.17) is 36.4 Å². The van der Waals surface area contributed by atoms with Crippen molar-refractivity contribution in [2.45, 2.75) is 47.3 Å². The summed E-state index contributed by atoms with van der Waals surface area (Å²) >= 11 is 0. The number of nitrogens with one attached hydrogen (secondary N) is 2. The molecule has 0 unspecified atom stereocenters. The summed E-state index contributed by atoms with van der Waals surface area (Å²) < 4.78 is 22.5. The van der Waals surface area contributed by atoms with Gasteiger partial charge in [-0.15, -0.1) is 0 Å². The third-order valence-corrected chi connectivity index (χ3v) is 9.92. The molecule has 8 N–H and O–H groups in total. The van der Waals surface area contributed by atoms with E-state index in [1.165, 1.54) is 31.4 Å². The number of hydrogen-bond acceptors (Lipinski definition) is 13. The Kier molecular flexibility index (Phi) is 14.7. The van der Waals surface area contributed by atoms with Crippen molar-refractivity contribution >= 4 is 63.3 Å². The van der Waals surface area contributed by atoms with Crippen molar-refractivity contribution in [2.75, 3.05) is 63.7 Å². The first-order valence-electron chi connectivity index (χ1n) is 20.4. The minimum atomic E-state index is -0.686. The maximum absolute atomic E-state index is 13.7. The van der Waals surface area contributed by atoms with E-state index in [0.717, 1.165) is 19.6 Å². The zero-order valence-electron chi connectivity index (χ0n) is 36.0. The number of nitrogens with two attached hydrogens (primary N) is 3. The maximum atomic E-state index is 13.7. The highest BCUT2D eigenvalue weighted by Gasteiger charge is 2.23. The summed E-state index contributed by atoms with van der Waals surface area (Å²) in [6.07, 6.45) is 9.02. The molecule has 1 aliphatic heterocycles. The summed E-state index contributed by atoms with van der Waals surface area (Å²) in [6, 6.07) is 7.80. The van der Waals surface area contributed by atoms with Crippen molar-refractivity contribution < 1.29 is 33.4 Å². The lowest BCUT2D eigenvalue weighted by Gasteiger charge is -2.25. The van der Waals surface area contributed by atoms with Gasteiger partial charge in [0.05, 0.1) is 37.1 Å². The van der Waals surface area contributed by atoms with Crippen LogP contribution in [0.1, 0.15) is 57.7 Å². The fourth-order valence-corrected chi connectivity index (χ4v) is 7.00. The van der Waals surface area contributed by atoms with Crippen molar-refractivity contribution in [3.05, 3.63) is 88.9 Å². The minimum absolute atomic E-state index is 0.0958. The normalized spacial score (nSPS) is 14.0. The molecule has 4 amide bonds. The van der Waals surface area contributed by atoms with Crippen LogP contribution >= 0.6 is 0 Å². The number of fused-ring (bicyclic) bond motifs is 2. The van der Waals surface area contributed by atoms with E-state index in [2.05, 4.69) is 30.6 Å². The Hall–Kier alpha value is -7.32. The van der Waals surface area contributed by atoms with E-state index in [1.54, 1.807) is 46.7 Å². The number of carbonyl (C=O) groups excluding carboxylic acids is 4. The Balaban J connectivity index is 1.39. The number of nitrogens with zero attached hydrogens (tertiary/aromatic N) is 8. The number of allylic oxidation sites excluding steroid dienone is 3.